The maximum Gasteiger partial charge on any atom is 0.198 e. The molecule has 6 rings (SSSR count). The number of fused-ring (bicyclic) bond motifs is 5. The van der Waals surface area contributed by atoms with Crippen molar-refractivity contribution in [3.05, 3.63) is 29.0 Å². The third-order valence-electron chi connectivity index (χ3n) is 6.34. The molecule has 2 aliphatic rings. The first-order valence-electron chi connectivity index (χ1n) is 10.1. The van der Waals surface area contributed by atoms with Gasteiger partial charge in [-0.2, -0.15) is 0 Å². The van der Waals surface area contributed by atoms with Crippen molar-refractivity contribution in [3.8, 4) is 0 Å². The minimum Gasteiger partial charge on any atom is -0.353 e. The van der Waals surface area contributed by atoms with Gasteiger partial charge in [0.05, 0.1) is 10.9 Å². The highest BCUT2D eigenvalue weighted by Gasteiger charge is 2.44. The molecule has 1 aliphatic carbocycles. The van der Waals surface area contributed by atoms with Crippen LogP contribution in [-0.4, -0.2) is 43.8 Å². The quantitative estimate of drug-likeness (QED) is 0.466. The monoisotopic (exact) mass is 441 g/mol. The molecule has 1 aromatic carbocycles. The topological polar surface area (TPSA) is 96.6 Å². The van der Waals surface area contributed by atoms with Crippen LogP contribution in [0.25, 0.3) is 21.9 Å². The second-order valence-electron chi connectivity index (χ2n) is 8.03. The molecule has 0 amide bonds. The highest BCUT2D eigenvalue weighted by Crippen LogP contribution is 2.44. The van der Waals surface area contributed by atoms with E-state index in [9.17, 15) is 4.39 Å². The summed E-state index contributed by atoms with van der Waals surface area (Å²) in [5.41, 5.74) is 10.6. The lowest BCUT2D eigenvalue weighted by Crippen LogP contribution is -2.41. The minimum atomic E-state index is -0.233. The molecule has 154 valence electrons. The van der Waals surface area contributed by atoms with Crippen LogP contribution >= 0.6 is 23.1 Å². The van der Waals surface area contributed by atoms with Gasteiger partial charge in [0.1, 0.15) is 22.8 Å². The number of piperidine rings is 1. The van der Waals surface area contributed by atoms with Gasteiger partial charge in [0, 0.05) is 24.0 Å². The van der Waals surface area contributed by atoms with Gasteiger partial charge < -0.3 is 15.6 Å². The maximum atomic E-state index is 14.4. The molecule has 3 aromatic heterocycles. The molecule has 0 radical (unpaired) electrons. The Kier molecular flexibility index (Phi) is 4.22. The number of halogens is 1. The molecular formula is C20H20FN7S2. The van der Waals surface area contributed by atoms with E-state index in [-0.39, 0.29) is 11.9 Å². The van der Waals surface area contributed by atoms with E-state index >= 15 is 0 Å². The van der Waals surface area contributed by atoms with Gasteiger partial charge in [0.2, 0.25) is 0 Å². The Bertz CT molecular complexity index is 1250. The van der Waals surface area contributed by atoms with Crippen molar-refractivity contribution < 1.29 is 4.39 Å². The second kappa shape index (κ2) is 6.86. The van der Waals surface area contributed by atoms with E-state index in [1.165, 1.54) is 23.1 Å². The molecule has 1 aliphatic heterocycles. The number of aromatic amines is 1. The van der Waals surface area contributed by atoms with Crippen LogP contribution < -0.4 is 10.6 Å². The van der Waals surface area contributed by atoms with Gasteiger partial charge in [0.25, 0.3) is 0 Å². The highest BCUT2D eigenvalue weighted by molar-refractivity contribution is 8.00. The number of nitrogens with two attached hydrogens (primary N) is 1. The standard InChI is InChI=1S/C20H20FN7S2/c1-2-9-3-11(21)5-13-15-17(24-16(9)13)25-19(30-20-27-23-8-29-20)26-18(15)28-7-10-4-12(28)6-14(10)22/h3,5,8,10,12,14H,2,4,6-7,22H2,1H3,(H,24,25,26)/t10-,12-,14-/m1/s1. The normalized spacial score (nSPS) is 23.3. The summed E-state index contributed by atoms with van der Waals surface area (Å²) in [6, 6.07) is 3.81. The van der Waals surface area contributed by atoms with Crippen LogP contribution in [0, 0.1) is 11.7 Å². The summed E-state index contributed by atoms with van der Waals surface area (Å²) in [5, 5.41) is 10.4. The third-order valence-corrected chi connectivity index (χ3v) is 7.98. The fourth-order valence-corrected chi connectivity index (χ4v) is 6.30. The lowest BCUT2D eigenvalue weighted by Gasteiger charge is -2.31. The van der Waals surface area contributed by atoms with Gasteiger partial charge >= 0.3 is 0 Å². The average molecular weight is 442 g/mol. The average Bonchev–Trinajstić information content (AvgIpc) is 3.50. The van der Waals surface area contributed by atoms with Gasteiger partial charge in [-0.05, 0) is 54.6 Å². The summed E-state index contributed by atoms with van der Waals surface area (Å²) < 4.78 is 15.2. The predicted octanol–water partition coefficient (Wildman–Crippen LogP) is 3.74. The van der Waals surface area contributed by atoms with Crippen molar-refractivity contribution in [1.82, 2.24) is 25.1 Å². The van der Waals surface area contributed by atoms with Gasteiger partial charge in [-0.1, -0.05) is 18.3 Å². The minimum absolute atomic E-state index is 0.233. The fraction of sp³-hybridized carbons (Fsp3) is 0.400. The van der Waals surface area contributed by atoms with Gasteiger partial charge in [-0.25, -0.2) is 14.4 Å². The fourth-order valence-electron chi connectivity index (χ4n) is 4.96. The van der Waals surface area contributed by atoms with Gasteiger partial charge in [-0.3, -0.25) is 0 Å². The maximum absolute atomic E-state index is 14.4. The molecule has 10 heteroatoms. The number of benzene rings is 1. The summed E-state index contributed by atoms with van der Waals surface area (Å²) in [4.78, 5) is 15.5. The first-order chi connectivity index (χ1) is 14.6. The molecule has 30 heavy (non-hydrogen) atoms. The number of anilines is 1. The zero-order valence-corrected chi connectivity index (χ0v) is 17.9. The van der Waals surface area contributed by atoms with Crippen LogP contribution in [0.4, 0.5) is 10.2 Å². The third kappa shape index (κ3) is 2.81. The Morgan fingerprint density at radius 3 is 2.93 bits per heavy atom. The molecule has 4 heterocycles. The van der Waals surface area contributed by atoms with Crippen molar-refractivity contribution in [2.75, 3.05) is 11.4 Å². The molecule has 3 atom stereocenters. The molecule has 2 bridgehead atoms. The Morgan fingerprint density at radius 2 is 2.23 bits per heavy atom. The number of H-pyrrole nitrogens is 1. The van der Waals surface area contributed by atoms with Crippen molar-refractivity contribution in [1.29, 1.82) is 0 Å². The number of aryl methyl sites for hydroxylation is 1. The summed E-state index contributed by atoms with van der Waals surface area (Å²) in [6.07, 6.45) is 2.79. The smallest absolute Gasteiger partial charge is 0.198 e. The van der Waals surface area contributed by atoms with Gasteiger partial charge in [0.15, 0.2) is 9.50 Å². The molecule has 0 unspecified atom stereocenters. The van der Waals surface area contributed by atoms with Crippen molar-refractivity contribution in [3.63, 3.8) is 0 Å². The number of hydrogen-bond acceptors (Lipinski definition) is 8. The highest BCUT2D eigenvalue weighted by atomic mass is 32.2. The van der Waals surface area contributed by atoms with Crippen LogP contribution in [0.15, 0.2) is 27.1 Å². The first-order valence-corrected chi connectivity index (χ1v) is 11.8. The summed E-state index contributed by atoms with van der Waals surface area (Å²) in [7, 11) is 0. The second-order valence-corrected chi connectivity index (χ2v) is 10.1. The molecule has 1 saturated carbocycles. The zero-order valence-electron chi connectivity index (χ0n) is 16.3. The Labute approximate surface area is 180 Å². The number of hydrogen-bond donors (Lipinski definition) is 2. The molecule has 3 N–H and O–H groups in total. The largest absolute Gasteiger partial charge is 0.353 e. The summed E-state index contributed by atoms with van der Waals surface area (Å²) >= 11 is 2.86. The van der Waals surface area contributed by atoms with Crippen LogP contribution in [-0.2, 0) is 6.42 Å². The number of aromatic nitrogens is 5. The van der Waals surface area contributed by atoms with Crippen LogP contribution in [0.2, 0.25) is 0 Å². The van der Waals surface area contributed by atoms with Crippen LogP contribution in [0.1, 0.15) is 25.3 Å². The molecule has 4 aromatic rings. The molecule has 7 nitrogen and oxygen atoms in total. The van der Waals surface area contributed by atoms with E-state index in [4.69, 9.17) is 15.7 Å². The van der Waals surface area contributed by atoms with E-state index < -0.39 is 0 Å². The SMILES string of the molecule is CCc1cc(F)cc2c1[nH]c1nc(Sc3nncs3)nc(N3C[C@H]4C[C@@H]3C[C@H]4N)c12. The van der Waals surface area contributed by atoms with Gasteiger partial charge in [-0.15, -0.1) is 10.2 Å². The molecule has 1 saturated heterocycles. The van der Waals surface area contributed by atoms with E-state index in [1.807, 2.05) is 6.92 Å². The molecular weight excluding hydrogens is 421 g/mol. The first kappa shape index (κ1) is 18.5. The van der Waals surface area contributed by atoms with Crippen molar-refractivity contribution in [2.45, 2.75) is 47.8 Å². The lowest BCUT2D eigenvalue weighted by molar-refractivity contribution is 0.471. The Morgan fingerprint density at radius 1 is 1.33 bits per heavy atom. The lowest BCUT2D eigenvalue weighted by atomic mass is 10.0. The van der Waals surface area contributed by atoms with Crippen molar-refractivity contribution >= 4 is 50.9 Å². The van der Waals surface area contributed by atoms with E-state index in [0.717, 1.165) is 63.5 Å². The number of rotatable bonds is 4. The van der Waals surface area contributed by atoms with Crippen LogP contribution in [0.5, 0.6) is 0 Å². The predicted molar refractivity (Wildman–Crippen MR) is 117 cm³/mol. The molecule has 0 spiro atoms. The molecule has 2 fully saturated rings. The van der Waals surface area contributed by atoms with Crippen molar-refractivity contribution in [2.24, 2.45) is 11.7 Å². The zero-order chi connectivity index (χ0) is 20.4. The van der Waals surface area contributed by atoms with E-state index in [1.54, 1.807) is 17.6 Å². The van der Waals surface area contributed by atoms with E-state index in [2.05, 4.69) is 20.1 Å². The number of nitrogens with one attached hydrogen (secondary N) is 1. The summed E-state index contributed by atoms with van der Waals surface area (Å²) in [6.45, 7) is 2.91. The Balaban J connectivity index is 1.58. The summed E-state index contributed by atoms with van der Waals surface area (Å²) in [5.74, 6) is 1.11. The Hall–Kier alpha value is -2.30. The number of nitrogens with zero attached hydrogens (tertiary/aromatic N) is 5. The van der Waals surface area contributed by atoms with Crippen LogP contribution in [0.3, 0.4) is 0 Å². The van der Waals surface area contributed by atoms with E-state index in [0.29, 0.717) is 17.1 Å².